The van der Waals surface area contributed by atoms with Crippen molar-refractivity contribution >= 4 is 15.9 Å². The van der Waals surface area contributed by atoms with E-state index in [1.165, 1.54) is 26.4 Å². The van der Waals surface area contributed by atoms with Gasteiger partial charge in [0.05, 0.1) is 25.9 Å². The third-order valence-corrected chi connectivity index (χ3v) is 6.75. The number of rotatable bonds is 10. The van der Waals surface area contributed by atoms with Crippen LogP contribution >= 0.6 is 0 Å². The summed E-state index contributed by atoms with van der Waals surface area (Å²) in [5.74, 6) is -0.184. The molecule has 1 fully saturated rings. The molecule has 1 aliphatic heterocycles. The maximum absolute atomic E-state index is 12.8. The molecule has 0 radical (unpaired) electrons. The van der Waals surface area contributed by atoms with Crippen molar-refractivity contribution in [2.45, 2.75) is 50.3 Å². The number of nitrogens with one attached hydrogen (secondary N) is 2. The monoisotopic (exact) mass is 457 g/mol. The minimum atomic E-state index is -3.86. The molecule has 31 heavy (non-hydrogen) atoms. The highest BCUT2D eigenvalue weighted by molar-refractivity contribution is 7.89. The number of carbonyl (C=O) groups is 1. The number of morpholine rings is 1. The van der Waals surface area contributed by atoms with Gasteiger partial charge < -0.3 is 19.5 Å². The molecule has 1 saturated heterocycles. The van der Waals surface area contributed by atoms with Crippen LogP contribution < -0.4 is 14.8 Å². The normalized spacial score (nSPS) is 20.5. The van der Waals surface area contributed by atoms with E-state index in [2.05, 4.69) is 28.8 Å². The summed E-state index contributed by atoms with van der Waals surface area (Å²) in [4.78, 5) is 15.0. The van der Waals surface area contributed by atoms with Gasteiger partial charge in [0.25, 0.3) is 5.91 Å². The minimum Gasteiger partial charge on any atom is -0.495 e. The number of benzene rings is 1. The molecule has 1 aliphatic rings. The molecule has 2 atom stereocenters. The SMILES string of the molecule is COCCNS(=O)(=O)c1cc(C(=O)NCC(C)(C)N2CC(C)OC(C)C2)ccc1OC. The van der Waals surface area contributed by atoms with Gasteiger partial charge in [0.2, 0.25) is 10.0 Å². The summed E-state index contributed by atoms with van der Waals surface area (Å²) in [7, 11) is -0.990. The van der Waals surface area contributed by atoms with E-state index in [0.29, 0.717) is 6.54 Å². The fourth-order valence-corrected chi connectivity index (χ4v) is 4.77. The van der Waals surface area contributed by atoms with E-state index < -0.39 is 10.0 Å². The Kier molecular flexibility index (Phi) is 8.84. The number of methoxy groups -OCH3 is 2. The molecule has 0 saturated carbocycles. The van der Waals surface area contributed by atoms with E-state index >= 15 is 0 Å². The van der Waals surface area contributed by atoms with Gasteiger partial charge in [-0.05, 0) is 45.9 Å². The largest absolute Gasteiger partial charge is 0.495 e. The van der Waals surface area contributed by atoms with E-state index in [4.69, 9.17) is 14.2 Å². The molecule has 9 nitrogen and oxygen atoms in total. The smallest absolute Gasteiger partial charge is 0.251 e. The Morgan fingerprint density at radius 2 is 1.87 bits per heavy atom. The van der Waals surface area contributed by atoms with Crippen LogP contribution in [-0.4, -0.2) is 84.0 Å². The predicted molar refractivity (Wildman–Crippen MR) is 118 cm³/mol. The van der Waals surface area contributed by atoms with E-state index in [1.54, 1.807) is 6.07 Å². The Morgan fingerprint density at radius 1 is 1.23 bits per heavy atom. The van der Waals surface area contributed by atoms with Crippen LogP contribution in [0.1, 0.15) is 38.1 Å². The first-order chi connectivity index (χ1) is 14.5. The summed E-state index contributed by atoms with van der Waals surface area (Å²) < 4.78 is 43.6. The lowest BCUT2D eigenvalue weighted by atomic mass is 10.00. The van der Waals surface area contributed by atoms with Crippen LogP contribution in [0.25, 0.3) is 0 Å². The Bertz CT molecular complexity index is 849. The third kappa shape index (κ3) is 6.88. The number of hydrogen-bond acceptors (Lipinski definition) is 7. The summed E-state index contributed by atoms with van der Waals surface area (Å²) in [6.07, 6.45) is 0.248. The highest BCUT2D eigenvalue weighted by Gasteiger charge is 2.33. The molecule has 0 spiro atoms. The fourth-order valence-electron chi connectivity index (χ4n) is 3.57. The quantitative estimate of drug-likeness (QED) is 0.509. The molecule has 0 bridgehead atoms. The van der Waals surface area contributed by atoms with E-state index in [-0.39, 0.29) is 53.0 Å². The molecule has 1 heterocycles. The number of amides is 1. The molecule has 176 valence electrons. The van der Waals surface area contributed by atoms with Gasteiger partial charge in [-0.25, -0.2) is 13.1 Å². The second-order valence-corrected chi connectivity index (χ2v) is 10.1. The van der Waals surface area contributed by atoms with Gasteiger partial charge in [0.15, 0.2) is 0 Å². The van der Waals surface area contributed by atoms with Gasteiger partial charge >= 0.3 is 0 Å². The number of ether oxygens (including phenoxy) is 3. The van der Waals surface area contributed by atoms with Crippen LogP contribution in [0.2, 0.25) is 0 Å². The van der Waals surface area contributed by atoms with Crippen molar-refractivity contribution in [1.82, 2.24) is 14.9 Å². The Balaban J connectivity index is 2.13. The molecule has 2 unspecified atom stereocenters. The summed E-state index contributed by atoms with van der Waals surface area (Å²) >= 11 is 0. The zero-order chi connectivity index (χ0) is 23.2. The molecular weight excluding hydrogens is 422 g/mol. The van der Waals surface area contributed by atoms with Crippen LogP contribution in [0, 0.1) is 0 Å². The number of carbonyl (C=O) groups excluding carboxylic acids is 1. The first-order valence-corrected chi connectivity index (χ1v) is 11.8. The zero-order valence-corrected chi connectivity index (χ0v) is 20.0. The van der Waals surface area contributed by atoms with Gasteiger partial charge in [-0.2, -0.15) is 0 Å². The Hall–Kier alpha value is -1.72. The van der Waals surface area contributed by atoms with E-state index in [0.717, 1.165) is 13.1 Å². The first kappa shape index (κ1) is 25.5. The van der Waals surface area contributed by atoms with Crippen LogP contribution in [0.4, 0.5) is 0 Å². The second-order valence-electron chi connectivity index (χ2n) is 8.41. The summed E-state index contributed by atoms with van der Waals surface area (Å²) in [5.41, 5.74) is -0.0437. The lowest BCUT2D eigenvalue weighted by Gasteiger charge is -2.45. The van der Waals surface area contributed by atoms with Crippen LogP contribution in [0.3, 0.4) is 0 Å². The molecule has 1 aromatic carbocycles. The van der Waals surface area contributed by atoms with Crippen molar-refractivity contribution in [2.24, 2.45) is 0 Å². The lowest BCUT2D eigenvalue weighted by molar-refractivity contribution is -0.0948. The van der Waals surface area contributed by atoms with Crippen molar-refractivity contribution in [3.63, 3.8) is 0 Å². The standard InChI is InChI=1S/C21H35N3O6S/c1-15-12-24(13-16(2)30-15)21(3,4)14-22-20(25)17-7-8-18(29-6)19(11-17)31(26,27)23-9-10-28-5/h7-8,11,15-16,23H,9-10,12-14H2,1-6H3,(H,22,25). The molecule has 10 heteroatoms. The predicted octanol–water partition coefficient (Wildman–Crippen LogP) is 1.24. The Morgan fingerprint density at radius 3 is 2.45 bits per heavy atom. The van der Waals surface area contributed by atoms with Crippen molar-refractivity contribution in [2.75, 3.05) is 47.0 Å². The highest BCUT2D eigenvalue weighted by Crippen LogP contribution is 2.25. The van der Waals surface area contributed by atoms with Crippen LogP contribution in [-0.2, 0) is 19.5 Å². The van der Waals surface area contributed by atoms with Crippen LogP contribution in [0.15, 0.2) is 23.1 Å². The molecule has 0 aliphatic carbocycles. The summed E-state index contributed by atoms with van der Waals surface area (Å²) in [6.45, 7) is 10.5. The molecule has 2 rings (SSSR count). The minimum absolute atomic E-state index is 0.0890. The highest BCUT2D eigenvalue weighted by atomic mass is 32.2. The van der Waals surface area contributed by atoms with E-state index in [1.807, 2.05) is 13.8 Å². The van der Waals surface area contributed by atoms with Crippen molar-refractivity contribution < 1.29 is 27.4 Å². The van der Waals surface area contributed by atoms with Gasteiger partial charge in [-0.15, -0.1) is 0 Å². The van der Waals surface area contributed by atoms with Crippen LogP contribution in [0.5, 0.6) is 5.75 Å². The van der Waals surface area contributed by atoms with Crippen molar-refractivity contribution in [1.29, 1.82) is 0 Å². The first-order valence-electron chi connectivity index (χ1n) is 10.4. The third-order valence-electron chi connectivity index (χ3n) is 5.27. The zero-order valence-electron chi connectivity index (χ0n) is 19.2. The maximum atomic E-state index is 12.8. The summed E-state index contributed by atoms with van der Waals surface area (Å²) in [5, 5.41) is 2.94. The number of nitrogens with zero attached hydrogens (tertiary/aromatic N) is 1. The van der Waals surface area contributed by atoms with E-state index in [9.17, 15) is 13.2 Å². The molecule has 2 N–H and O–H groups in total. The van der Waals surface area contributed by atoms with Gasteiger partial charge in [0, 0.05) is 44.4 Å². The molecule has 1 amide bonds. The molecular formula is C21H35N3O6S. The molecule has 1 aromatic rings. The molecule has 0 aromatic heterocycles. The van der Waals surface area contributed by atoms with Crippen molar-refractivity contribution in [3.8, 4) is 5.75 Å². The fraction of sp³-hybridized carbons (Fsp3) is 0.667. The lowest BCUT2D eigenvalue weighted by Crippen LogP contribution is -2.58. The number of hydrogen-bond donors (Lipinski definition) is 2. The van der Waals surface area contributed by atoms with Gasteiger partial charge in [-0.1, -0.05) is 0 Å². The van der Waals surface area contributed by atoms with Gasteiger partial charge in [0.1, 0.15) is 10.6 Å². The Labute approximate surface area is 185 Å². The van der Waals surface area contributed by atoms with Gasteiger partial charge in [-0.3, -0.25) is 9.69 Å². The number of sulfonamides is 1. The summed E-state index contributed by atoms with van der Waals surface area (Å²) in [6, 6.07) is 4.36. The second kappa shape index (κ2) is 10.7. The topological polar surface area (TPSA) is 106 Å². The maximum Gasteiger partial charge on any atom is 0.251 e. The average molecular weight is 458 g/mol. The van der Waals surface area contributed by atoms with Crippen molar-refractivity contribution in [3.05, 3.63) is 23.8 Å². The average Bonchev–Trinajstić information content (AvgIpc) is 2.71.